The molecule has 2 aromatic rings. The molecule has 0 radical (unpaired) electrons. The van der Waals surface area contributed by atoms with Crippen LogP contribution >= 0.6 is 0 Å². The Balaban J connectivity index is 2.12. The molecule has 0 saturated carbocycles. The van der Waals surface area contributed by atoms with Crippen molar-refractivity contribution in [2.75, 3.05) is 0 Å². The summed E-state index contributed by atoms with van der Waals surface area (Å²) < 4.78 is 29.1. The molecule has 0 atom stereocenters. The van der Waals surface area contributed by atoms with Crippen LogP contribution in [0.3, 0.4) is 0 Å². The number of rotatable bonds is 4. The second kappa shape index (κ2) is 5.50. The van der Waals surface area contributed by atoms with Gasteiger partial charge in [-0.25, -0.2) is 4.68 Å². The van der Waals surface area contributed by atoms with Crippen molar-refractivity contribution in [2.45, 2.75) is 4.90 Å². The van der Waals surface area contributed by atoms with Gasteiger partial charge in [-0.15, -0.1) is 5.10 Å². The molecular formula is C11H9N5O3S. The van der Waals surface area contributed by atoms with Gasteiger partial charge in [-0.3, -0.25) is 4.28 Å². The third kappa shape index (κ3) is 2.99. The van der Waals surface area contributed by atoms with E-state index in [0.29, 0.717) is 0 Å². The lowest BCUT2D eigenvalue weighted by molar-refractivity contribution is 0.341. The van der Waals surface area contributed by atoms with Crippen LogP contribution in [0.4, 0.5) is 0 Å². The molecule has 0 amide bonds. The highest BCUT2D eigenvalue weighted by Gasteiger charge is 2.14. The highest BCUT2D eigenvalue weighted by atomic mass is 32.2. The Bertz CT molecular complexity index is 774. The Hall–Kier alpha value is -2.73. The molecule has 20 heavy (non-hydrogen) atoms. The van der Waals surface area contributed by atoms with E-state index in [2.05, 4.69) is 19.5 Å². The van der Waals surface area contributed by atoms with E-state index in [0.717, 1.165) is 6.21 Å². The molecule has 0 spiro atoms. The van der Waals surface area contributed by atoms with Gasteiger partial charge in [0.15, 0.2) is 5.82 Å². The number of benzene rings is 1. The first kappa shape index (κ1) is 13.7. The van der Waals surface area contributed by atoms with Crippen molar-refractivity contribution in [1.82, 2.24) is 14.8 Å². The first-order valence-corrected chi connectivity index (χ1v) is 6.77. The van der Waals surface area contributed by atoms with Crippen LogP contribution in [0.5, 0.6) is 0 Å². The molecule has 0 aliphatic carbocycles. The maximum atomic E-state index is 11.7. The SMILES string of the molecule is Cn1nc(/C=N/OS(=O)(=O)c2ccccc2)nc1C#N. The summed E-state index contributed by atoms with van der Waals surface area (Å²) in [5.41, 5.74) is 0. The van der Waals surface area contributed by atoms with E-state index in [9.17, 15) is 8.42 Å². The van der Waals surface area contributed by atoms with Crippen molar-refractivity contribution in [3.63, 3.8) is 0 Å². The third-order valence-electron chi connectivity index (χ3n) is 2.22. The van der Waals surface area contributed by atoms with Crippen molar-refractivity contribution in [2.24, 2.45) is 12.2 Å². The Labute approximate surface area is 115 Å². The van der Waals surface area contributed by atoms with Crippen LogP contribution in [-0.2, 0) is 21.4 Å². The van der Waals surface area contributed by atoms with Gasteiger partial charge >= 0.3 is 10.1 Å². The Morgan fingerprint density at radius 2 is 2.10 bits per heavy atom. The van der Waals surface area contributed by atoms with Crippen molar-refractivity contribution in [3.05, 3.63) is 42.0 Å². The molecular weight excluding hydrogens is 282 g/mol. The van der Waals surface area contributed by atoms with E-state index in [4.69, 9.17) is 5.26 Å². The minimum Gasteiger partial charge on any atom is -0.265 e. The van der Waals surface area contributed by atoms with Gasteiger partial charge in [0.1, 0.15) is 17.2 Å². The van der Waals surface area contributed by atoms with Crippen molar-refractivity contribution >= 4 is 16.3 Å². The molecule has 0 saturated heterocycles. The van der Waals surface area contributed by atoms with Crippen LogP contribution < -0.4 is 0 Å². The van der Waals surface area contributed by atoms with Gasteiger partial charge in [-0.05, 0) is 12.1 Å². The van der Waals surface area contributed by atoms with Crippen LogP contribution in [0, 0.1) is 11.3 Å². The maximum Gasteiger partial charge on any atom is 0.358 e. The number of aryl methyl sites for hydroxylation is 1. The molecule has 1 aromatic heterocycles. The lowest BCUT2D eigenvalue weighted by Gasteiger charge is -1.99. The molecule has 0 fully saturated rings. The summed E-state index contributed by atoms with van der Waals surface area (Å²) in [5, 5.41) is 15.8. The van der Waals surface area contributed by atoms with Gasteiger partial charge in [0.05, 0.1) is 0 Å². The van der Waals surface area contributed by atoms with E-state index >= 15 is 0 Å². The minimum absolute atomic E-state index is 0.0103. The van der Waals surface area contributed by atoms with E-state index in [1.165, 1.54) is 23.9 Å². The number of aromatic nitrogens is 3. The quantitative estimate of drug-likeness (QED) is 0.596. The Morgan fingerprint density at radius 1 is 1.40 bits per heavy atom. The highest BCUT2D eigenvalue weighted by Crippen LogP contribution is 2.11. The summed E-state index contributed by atoms with van der Waals surface area (Å²) in [6.45, 7) is 0. The molecule has 8 nitrogen and oxygen atoms in total. The topological polar surface area (TPSA) is 110 Å². The van der Waals surface area contributed by atoms with E-state index < -0.39 is 10.1 Å². The second-order valence-corrected chi connectivity index (χ2v) is 5.13. The van der Waals surface area contributed by atoms with Crippen LogP contribution in [-0.4, -0.2) is 29.4 Å². The minimum atomic E-state index is -3.96. The summed E-state index contributed by atoms with van der Waals surface area (Å²) >= 11 is 0. The molecule has 102 valence electrons. The Kier molecular flexibility index (Phi) is 3.76. The molecule has 9 heteroatoms. The molecule has 1 aromatic carbocycles. The molecule has 2 rings (SSSR count). The molecule has 0 unspecified atom stereocenters. The van der Waals surface area contributed by atoms with E-state index in [1.807, 2.05) is 6.07 Å². The summed E-state index contributed by atoms with van der Waals surface area (Å²) in [5.74, 6) is 0.157. The van der Waals surface area contributed by atoms with Gasteiger partial charge < -0.3 is 0 Å². The first-order valence-electron chi connectivity index (χ1n) is 5.36. The zero-order valence-electron chi connectivity index (χ0n) is 10.3. The van der Waals surface area contributed by atoms with Gasteiger partial charge in [-0.2, -0.15) is 18.7 Å². The van der Waals surface area contributed by atoms with Crippen molar-refractivity contribution < 1.29 is 12.7 Å². The number of nitriles is 1. The van der Waals surface area contributed by atoms with E-state index in [-0.39, 0.29) is 16.5 Å². The molecule has 1 heterocycles. The van der Waals surface area contributed by atoms with Crippen molar-refractivity contribution in [1.29, 1.82) is 5.26 Å². The Morgan fingerprint density at radius 3 is 2.70 bits per heavy atom. The second-order valence-electron chi connectivity index (χ2n) is 3.61. The number of oxime groups is 1. The van der Waals surface area contributed by atoms with Crippen LogP contribution in [0.25, 0.3) is 0 Å². The molecule has 0 N–H and O–H groups in total. The van der Waals surface area contributed by atoms with Gasteiger partial charge in [0, 0.05) is 7.05 Å². The summed E-state index contributed by atoms with van der Waals surface area (Å²) in [7, 11) is -2.43. The number of nitrogens with zero attached hydrogens (tertiary/aromatic N) is 5. The molecule has 0 aliphatic rings. The number of hydrogen-bond donors (Lipinski definition) is 0. The smallest absolute Gasteiger partial charge is 0.265 e. The van der Waals surface area contributed by atoms with Crippen LogP contribution in [0.15, 0.2) is 40.4 Å². The molecule has 0 aliphatic heterocycles. The summed E-state index contributed by atoms with van der Waals surface area (Å²) in [6, 6.07) is 9.41. The number of hydrogen-bond acceptors (Lipinski definition) is 7. The average Bonchev–Trinajstić information content (AvgIpc) is 2.80. The fourth-order valence-electron chi connectivity index (χ4n) is 1.31. The largest absolute Gasteiger partial charge is 0.358 e. The first-order chi connectivity index (χ1) is 9.53. The van der Waals surface area contributed by atoms with Crippen LogP contribution in [0.1, 0.15) is 11.6 Å². The normalized spacial score (nSPS) is 11.4. The summed E-state index contributed by atoms with van der Waals surface area (Å²) in [6.07, 6.45) is 1.02. The highest BCUT2D eigenvalue weighted by molar-refractivity contribution is 7.86. The monoisotopic (exact) mass is 291 g/mol. The fourth-order valence-corrected chi connectivity index (χ4v) is 2.04. The fraction of sp³-hybridized carbons (Fsp3) is 0.0909. The predicted molar refractivity (Wildman–Crippen MR) is 68.0 cm³/mol. The van der Waals surface area contributed by atoms with Crippen molar-refractivity contribution in [3.8, 4) is 6.07 Å². The predicted octanol–water partition coefficient (Wildman–Crippen LogP) is 0.426. The molecule has 0 bridgehead atoms. The van der Waals surface area contributed by atoms with Gasteiger partial charge in [-0.1, -0.05) is 23.4 Å². The lowest BCUT2D eigenvalue weighted by Crippen LogP contribution is -2.02. The zero-order valence-corrected chi connectivity index (χ0v) is 11.1. The van der Waals surface area contributed by atoms with E-state index in [1.54, 1.807) is 18.2 Å². The standard InChI is InChI=1S/C11H9N5O3S/c1-16-11(7-12)14-10(15-16)8-13-19-20(17,18)9-5-3-2-4-6-9/h2-6,8H,1H3/b13-8+. The van der Waals surface area contributed by atoms with Gasteiger partial charge in [0.2, 0.25) is 5.82 Å². The zero-order chi connectivity index (χ0) is 14.6. The summed E-state index contributed by atoms with van der Waals surface area (Å²) in [4.78, 5) is 3.78. The van der Waals surface area contributed by atoms with Gasteiger partial charge in [0.25, 0.3) is 0 Å². The van der Waals surface area contributed by atoms with Crippen LogP contribution in [0.2, 0.25) is 0 Å². The average molecular weight is 291 g/mol. The third-order valence-corrected chi connectivity index (χ3v) is 3.35. The lowest BCUT2D eigenvalue weighted by atomic mass is 10.4. The maximum absolute atomic E-state index is 11.7.